The van der Waals surface area contributed by atoms with E-state index in [0.717, 1.165) is 25.1 Å². The van der Waals surface area contributed by atoms with E-state index >= 15 is 0 Å². The number of ether oxygens (including phenoxy) is 1. The molecule has 0 fully saturated rings. The molecule has 88 valence electrons. The fourth-order valence-electron chi connectivity index (χ4n) is 2.31. The van der Waals surface area contributed by atoms with Crippen LogP contribution in [0.4, 0.5) is 0 Å². The van der Waals surface area contributed by atoms with Gasteiger partial charge in [0.05, 0.1) is 6.04 Å². The Bertz CT molecular complexity index is 362. The lowest BCUT2D eigenvalue weighted by atomic mass is 10.0. The number of hydrogen-bond donors (Lipinski definition) is 1. The lowest BCUT2D eigenvalue weighted by Gasteiger charge is -2.18. The fourth-order valence-corrected chi connectivity index (χ4v) is 2.31. The molecule has 1 aliphatic heterocycles. The molecule has 2 heteroatoms. The quantitative estimate of drug-likeness (QED) is 0.839. The summed E-state index contributed by atoms with van der Waals surface area (Å²) in [4.78, 5) is 0. The zero-order chi connectivity index (χ0) is 11.5. The summed E-state index contributed by atoms with van der Waals surface area (Å²) >= 11 is 0. The summed E-state index contributed by atoms with van der Waals surface area (Å²) in [7, 11) is 0. The van der Waals surface area contributed by atoms with Crippen LogP contribution in [0.15, 0.2) is 18.2 Å². The number of benzene rings is 1. The van der Waals surface area contributed by atoms with Gasteiger partial charge in [-0.1, -0.05) is 31.5 Å². The summed E-state index contributed by atoms with van der Waals surface area (Å²) in [5.74, 6) is 1.06. The maximum absolute atomic E-state index is 5.96. The Hall–Kier alpha value is -1.02. The third-order valence-electron chi connectivity index (χ3n) is 3.17. The van der Waals surface area contributed by atoms with Crippen LogP contribution in [0.2, 0.25) is 0 Å². The van der Waals surface area contributed by atoms with E-state index in [1.54, 1.807) is 0 Å². The lowest BCUT2D eigenvalue weighted by molar-refractivity contribution is 0.185. The van der Waals surface area contributed by atoms with Crippen molar-refractivity contribution in [2.75, 3.05) is 6.54 Å². The molecule has 2 nitrogen and oxygen atoms in total. The largest absolute Gasteiger partial charge is 0.488 e. The first-order chi connectivity index (χ1) is 7.76. The fraction of sp³-hybridized carbons (Fsp3) is 0.571. The van der Waals surface area contributed by atoms with Crippen molar-refractivity contribution >= 4 is 0 Å². The molecular formula is C14H21NO. The molecule has 2 unspecified atom stereocenters. The molecule has 16 heavy (non-hydrogen) atoms. The number of hydrogen-bond acceptors (Lipinski definition) is 2. The second kappa shape index (κ2) is 4.88. The monoisotopic (exact) mass is 219 g/mol. The van der Waals surface area contributed by atoms with Crippen LogP contribution in [0.3, 0.4) is 0 Å². The first-order valence-corrected chi connectivity index (χ1v) is 6.26. The van der Waals surface area contributed by atoms with Gasteiger partial charge in [0.15, 0.2) is 0 Å². The van der Waals surface area contributed by atoms with Crippen molar-refractivity contribution in [1.82, 2.24) is 5.32 Å². The highest BCUT2D eigenvalue weighted by atomic mass is 16.5. The van der Waals surface area contributed by atoms with Crippen LogP contribution in [0, 0.1) is 6.92 Å². The van der Waals surface area contributed by atoms with E-state index < -0.39 is 0 Å². The molecule has 0 radical (unpaired) electrons. The maximum Gasteiger partial charge on any atom is 0.124 e. The van der Waals surface area contributed by atoms with Gasteiger partial charge in [0.2, 0.25) is 0 Å². The number of nitrogens with one attached hydrogen (secondary N) is 1. The van der Waals surface area contributed by atoms with Gasteiger partial charge in [-0.2, -0.15) is 0 Å². The minimum Gasteiger partial charge on any atom is -0.488 e. The minimum atomic E-state index is 0.295. The molecule has 0 spiro atoms. The van der Waals surface area contributed by atoms with Gasteiger partial charge in [0, 0.05) is 5.56 Å². The lowest BCUT2D eigenvalue weighted by Crippen LogP contribution is -2.31. The van der Waals surface area contributed by atoms with E-state index in [2.05, 4.69) is 44.3 Å². The molecule has 1 N–H and O–H groups in total. The Labute approximate surface area is 98.0 Å². The second-order valence-electron chi connectivity index (χ2n) is 4.54. The molecule has 0 aliphatic carbocycles. The van der Waals surface area contributed by atoms with Crippen molar-refractivity contribution in [1.29, 1.82) is 0 Å². The molecule has 1 aromatic rings. The highest BCUT2D eigenvalue weighted by Crippen LogP contribution is 2.38. The average molecular weight is 219 g/mol. The molecule has 1 heterocycles. The summed E-state index contributed by atoms with van der Waals surface area (Å²) < 4.78 is 5.96. The van der Waals surface area contributed by atoms with Crippen molar-refractivity contribution < 1.29 is 4.74 Å². The molecule has 0 amide bonds. The van der Waals surface area contributed by atoms with Crippen LogP contribution in [-0.2, 0) is 0 Å². The number of fused-ring (bicyclic) bond motifs is 1. The minimum absolute atomic E-state index is 0.295. The molecular weight excluding hydrogens is 198 g/mol. The van der Waals surface area contributed by atoms with E-state index in [0.29, 0.717) is 12.1 Å². The van der Waals surface area contributed by atoms with Crippen molar-refractivity contribution in [3.63, 3.8) is 0 Å². The average Bonchev–Trinajstić information content (AvgIpc) is 2.63. The molecule has 0 bridgehead atoms. The second-order valence-corrected chi connectivity index (χ2v) is 4.54. The Kier molecular flexibility index (Phi) is 3.49. The van der Waals surface area contributed by atoms with Gasteiger partial charge < -0.3 is 10.1 Å². The third-order valence-corrected chi connectivity index (χ3v) is 3.17. The highest BCUT2D eigenvalue weighted by Gasteiger charge is 2.32. The van der Waals surface area contributed by atoms with Crippen molar-refractivity contribution in [2.24, 2.45) is 0 Å². The Morgan fingerprint density at radius 1 is 1.31 bits per heavy atom. The third kappa shape index (κ3) is 2.07. The van der Waals surface area contributed by atoms with E-state index in [4.69, 9.17) is 4.74 Å². The van der Waals surface area contributed by atoms with Gasteiger partial charge in [-0.05, 0) is 32.4 Å². The SMILES string of the molecule is CCCNC1c2cc(C)ccc2OC1CC. The van der Waals surface area contributed by atoms with E-state index in [-0.39, 0.29) is 0 Å². The van der Waals surface area contributed by atoms with Crippen LogP contribution in [0.1, 0.15) is 43.9 Å². The Morgan fingerprint density at radius 3 is 2.81 bits per heavy atom. The zero-order valence-electron chi connectivity index (χ0n) is 10.4. The molecule has 0 saturated heterocycles. The van der Waals surface area contributed by atoms with Crippen LogP contribution < -0.4 is 10.1 Å². The first kappa shape index (κ1) is 11.5. The van der Waals surface area contributed by atoms with Gasteiger partial charge in [-0.25, -0.2) is 0 Å². The van der Waals surface area contributed by atoms with Gasteiger partial charge in [-0.3, -0.25) is 0 Å². The summed E-state index contributed by atoms with van der Waals surface area (Å²) in [6.45, 7) is 7.57. The van der Waals surface area contributed by atoms with E-state index in [1.807, 2.05) is 0 Å². The van der Waals surface area contributed by atoms with Crippen LogP contribution >= 0.6 is 0 Å². The molecule has 2 rings (SSSR count). The molecule has 0 saturated carbocycles. The standard InChI is InChI=1S/C14H21NO/c1-4-8-15-14-11-9-10(3)6-7-13(11)16-12(14)5-2/h6-7,9,12,14-15H,4-5,8H2,1-3H3. The smallest absolute Gasteiger partial charge is 0.124 e. The van der Waals surface area contributed by atoms with Gasteiger partial charge in [-0.15, -0.1) is 0 Å². The summed E-state index contributed by atoms with van der Waals surface area (Å²) in [6, 6.07) is 6.84. The predicted octanol–water partition coefficient (Wildman–Crippen LogP) is 3.21. The maximum atomic E-state index is 5.96. The first-order valence-electron chi connectivity index (χ1n) is 6.26. The number of rotatable bonds is 4. The topological polar surface area (TPSA) is 21.3 Å². The predicted molar refractivity (Wildman–Crippen MR) is 66.9 cm³/mol. The van der Waals surface area contributed by atoms with Crippen molar-refractivity contribution in [2.45, 2.75) is 45.8 Å². The summed E-state index contributed by atoms with van der Waals surface area (Å²) in [5.41, 5.74) is 2.64. The summed E-state index contributed by atoms with van der Waals surface area (Å²) in [6.07, 6.45) is 2.51. The molecule has 2 atom stereocenters. The zero-order valence-corrected chi connectivity index (χ0v) is 10.4. The molecule has 1 aromatic carbocycles. The van der Waals surface area contributed by atoms with Crippen LogP contribution in [-0.4, -0.2) is 12.6 Å². The van der Waals surface area contributed by atoms with Crippen molar-refractivity contribution in [3.05, 3.63) is 29.3 Å². The Morgan fingerprint density at radius 2 is 2.12 bits per heavy atom. The van der Waals surface area contributed by atoms with E-state index in [9.17, 15) is 0 Å². The normalized spacial score (nSPS) is 22.9. The van der Waals surface area contributed by atoms with Gasteiger partial charge >= 0.3 is 0 Å². The van der Waals surface area contributed by atoms with Crippen molar-refractivity contribution in [3.8, 4) is 5.75 Å². The van der Waals surface area contributed by atoms with E-state index in [1.165, 1.54) is 11.1 Å². The molecule has 1 aliphatic rings. The Balaban J connectivity index is 2.24. The van der Waals surface area contributed by atoms with Crippen LogP contribution in [0.5, 0.6) is 5.75 Å². The molecule has 0 aromatic heterocycles. The van der Waals surface area contributed by atoms with Gasteiger partial charge in [0.25, 0.3) is 0 Å². The van der Waals surface area contributed by atoms with Crippen LogP contribution in [0.25, 0.3) is 0 Å². The number of aryl methyl sites for hydroxylation is 1. The summed E-state index contributed by atoms with van der Waals surface area (Å²) in [5, 5.41) is 3.59. The highest BCUT2D eigenvalue weighted by molar-refractivity contribution is 5.43. The van der Waals surface area contributed by atoms with Gasteiger partial charge in [0.1, 0.15) is 11.9 Å².